The van der Waals surface area contributed by atoms with Crippen LogP contribution < -0.4 is 4.72 Å². The van der Waals surface area contributed by atoms with Gasteiger partial charge in [-0.15, -0.1) is 0 Å². The Hall–Kier alpha value is -1.10. The zero-order chi connectivity index (χ0) is 17.9. The molecule has 1 aromatic rings. The molecule has 0 aliphatic carbocycles. The molecule has 24 heavy (non-hydrogen) atoms. The third kappa shape index (κ3) is 4.29. The minimum absolute atomic E-state index is 0.0526. The van der Waals surface area contributed by atoms with Gasteiger partial charge in [-0.2, -0.15) is 13.9 Å². The number of rotatable bonds is 8. The fourth-order valence-corrected chi connectivity index (χ4v) is 4.54. The van der Waals surface area contributed by atoms with E-state index in [4.69, 9.17) is 4.74 Å². The molecule has 7 nitrogen and oxygen atoms in total. The lowest BCUT2D eigenvalue weighted by atomic mass is 10.1. The van der Waals surface area contributed by atoms with Crippen molar-refractivity contribution in [2.45, 2.75) is 31.7 Å². The lowest BCUT2D eigenvalue weighted by Crippen LogP contribution is -2.32. The number of methoxy groups -OCH3 is 1. The third-order valence-electron chi connectivity index (χ3n) is 4.26. The molecular formula is C14H24F2N4O3S. The maximum atomic E-state index is 12.9. The van der Waals surface area contributed by atoms with Crippen LogP contribution in [0.4, 0.5) is 8.78 Å². The molecule has 1 saturated heterocycles. The Balaban J connectivity index is 2.00. The summed E-state index contributed by atoms with van der Waals surface area (Å²) in [5.41, 5.74) is 0.0246. The zero-order valence-corrected chi connectivity index (χ0v) is 14.9. The van der Waals surface area contributed by atoms with E-state index in [-0.39, 0.29) is 28.7 Å². The standard InChI is InChI=1S/C14H24F2N4O3S/c1-10-13(11(2)20(18-10)14(15)16)24(21,22)17-8-12-4-5-19(9-12)6-7-23-3/h12,14,17H,4-9H2,1-3H3/t12-/m1/s1. The van der Waals surface area contributed by atoms with Gasteiger partial charge in [-0.3, -0.25) is 0 Å². The highest BCUT2D eigenvalue weighted by atomic mass is 32.2. The molecule has 2 rings (SSSR count). The van der Waals surface area contributed by atoms with E-state index in [1.54, 1.807) is 7.11 Å². The molecule has 0 radical (unpaired) electrons. The van der Waals surface area contributed by atoms with Crippen LogP contribution in [-0.2, 0) is 14.8 Å². The summed E-state index contributed by atoms with van der Waals surface area (Å²) < 4.78 is 58.7. The normalized spacial score (nSPS) is 19.5. The Labute approximate surface area is 141 Å². The zero-order valence-electron chi connectivity index (χ0n) is 14.1. The molecule has 2 heterocycles. The summed E-state index contributed by atoms with van der Waals surface area (Å²) in [7, 11) is -2.22. The molecular weight excluding hydrogens is 342 g/mol. The first-order valence-corrected chi connectivity index (χ1v) is 9.29. The average molecular weight is 366 g/mol. The van der Waals surface area contributed by atoms with Crippen LogP contribution in [0.3, 0.4) is 0 Å². The number of nitrogens with one attached hydrogen (secondary N) is 1. The molecule has 1 fully saturated rings. The van der Waals surface area contributed by atoms with Gasteiger partial charge in [0.25, 0.3) is 0 Å². The highest BCUT2D eigenvalue weighted by molar-refractivity contribution is 7.89. The summed E-state index contributed by atoms with van der Waals surface area (Å²) in [6.45, 7) is 3.33. The second-order valence-corrected chi connectivity index (χ2v) is 7.73. The van der Waals surface area contributed by atoms with Gasteiger partial charge in [0.1, 0.15) is 4.90 Å². The molecule has 1 aromatic heterocycles. The average Bonchev–Trinajstić information content (AvgIpc) is 3.07. The highest BCUT2D eigenvalue weighted by Crippen LogP contribution is 2.24. The lowest BCUT2D eigenvalue weighted by Gasteiger charge is -2.15. The van der Waals surface area contributed by atoms with Crippen molar-refractivity contribution in [3.8, 4) is 0 Å². The summed E-state index contributed by atoms with van der Waals surface area (Å²) in [5, 5.41) is 3.63. The molecule has 1 N–H and O–H groups in total. The van der Waals surface area contributed by atoms with Gasteiger partial charge in [0.2, 0.25) is 10.0 Å². The molecule has 138 valence electrons. The molecule has 0 spiro atoms. The number of ether oxygens (including phenoxy) is 1. The molecule has 0 aromatic carbocycles. The highest BCUT2D eigenvalue weighted by Gasteiger charge is 2.29. The van der Waals surface area contributed by atoms with Crippen LogP contribution in [0, 0.1) is 19.8 Å². The maximum Gasteiger partial charge on any atom is 0.333 e. The molecule has 0 unspecified atom stereocenters. The number of alkyl halides is 2. The molecule has 0 saturated carbocycles. The van der Waals surface area contributed by atoms with Crippen LogP contribution in [0.25, 0.3) is 0 Å². The maximum absolute atomic E-state index is 12.9. The number of hydrogen-bond donors (Lipinski definition) is 1. The van der Waals surface area contributed by atoms with Crippen LogP contribution in [0.1, 0.15) is 24.4 Å². The van der Waals surface area contributed by atoms with Crippen molar-refractivity contribution in [3.05, 3.63) is 11.4 Å². The molecule has 0 amide bonds. The Morgan fingerprint density at radius 2 is 2.12 bits per heavy atom. The predicted octanol–water partition coefficient (Wildman–Crippen LogP) is 1.14. The van der Waals surface area contributed by atoms with Crippen molar-refractivity contribution >= 4 is 10.0 Å². The first-order chi connectivity index (χ1) is 11.3. The molecule has 0 bridgehead atoms. The summed E-state index contributed by atoms with van der Waals surface area (Å²) in [5.74, 6) is 0.197. The van der Waals surface area contributed by atoms with Gasteiger partial charge in [-0.05, 0) is 32.7 Å². The Kier molecular flexibility index (Phi) is 6.29. The van der Waals surface area contributed by atoms with Crippen molar-refractivity contribution < 1.29 is 21.9 Å². The number of aryl methyl sites for hydroxylation is 1. The number of nitrogens with zero attached hydrogens (tertiary/aromatic N) is 3. The van der Waals surface area contributed by atoms with Crippen LogP contribution in [0.15, 0.2) is 4.90 Å². The van der Waals surface area contributed by atoms with E-state index >= 15 is 0 Å². The summed E-state index contributed by atoms with van der Waals surface area (Å²) in [6, 6.07) is 0. The van der Waals surface area contributed by atoms with E-state index in [1.165, 1.54) is 13.8 Å². The van der Waals surface area contributed by atoms with Gasteiger partial charge < -0.3 is 9.64 Å². The molecule has 1 atom stereocenters. The van der Waals surface area contributed by atoms with Gasteiger partial charge in [0.05, 0.1) is 18.0 Å². The first kappa shape index (κ1) is 19.2. The Bertz CT molecular complexity index is 663. The second-order valence-electron chi connectivity index (χ2n) is 6.02. The van der Waals surface area contributed by atoms with Gasteiger partial charge in [-0.1, -0.05) is 0 Å². The van der Waals surface area contributed by atoms with E-state index in [0.29, 0.717) is 11.3 Å². The van der Waals surface area contributed by atoms with Crippen molar-refractivity contribution in [1.82, 2.24) is 19.4 Å². The Morgan fingerprint density at radius 3 is 2.71 bits per heavy atom. The number of likely N-dealkylation sites (tertiary alicyclic amines) is 1. The quantitative estimate of drug-likeness (QED) is 0.747. The van der Waals surface area contributed by atoms with Crippen molar-refractivity contribution in [1.29, 1.82) is 0 Å². The SMILES string of the molecule is COCCN1CC[C@H](CNS(=O)(=O)c2c(C)nn(C(F)F)c2C)C1. The fraction of sp³-hybridized carbons (Fsp3) is 0.786. The Morgan fingerprint density at radius 1 is 1.42 bits per heavy atom. The lowest BCUT2D eigenvalue weighted by molar-refractivity contribution is 0.0538. The smallest absolute Gasteiger partial charge is 0.333 e. The van der Waals surface area contributed by atoms with Gasteiger partial charge in [-0.25, -0.2) is 17.8 Å². The van der Waals surface area contributed by atoms with Gasteiger partial charge in [0, 0.05) is 26.7 Å². The number of sulfonamides is 1. The van der Waals surface area contributed by atoms with E-state index in [0.717, 1.165) is 26.1 Å². The molecule has 1 aliphatic heterocycles. The van der Waals surface area contributed by atoms with Gasteiger partial charge in [0.15, 0.2) is 0 Å². The number of halogens is 2. The molecule has 1 aliphatic rings. The van der Waals surface area contributed by atoms with Gasteiger partial charge >= 0.3 is 6.55 Å². The van der Waals surface area contributed by atoms with E-state index in [1.807, 2.05) is 0 Å². The number of hydrogen-bond acceptors (Lipinski definition) is 5. The topological polar surface area (TPSA) is 76.5 Å². The van der Waals surface area contributed by atoms with E-state index in [9.17, 15) is 17.2 Å². The van der Waals surface area contributed by atoms with E-state index < -0.39 is 16.6 Å². The van der Waals surface area contributed by atoms with Crippen LogP contribution in [0.2, 0.25) is 0 Å². The van der Waals surface area contributed by atoms with E-state index in [2.05, 4.69) is 14.7 Å². The summed E-state index contributed by atoms with van der Waals surface area (Å²) >= 11 is 0. The van der Waals surface area contributed by atoms with Crippen molar-refractivity contribution in [3.63, 3.8) is 0 Å². The van der Waals surface area contributed by atoms with Crippen LogP contribution in [-0.4, -0.2) is 63.0 Å². The summed E-state index contributed by atoms with van der Waals surface area (Å²) in [4.78, 5) is 2.06. The summed E-state index contributed by atoms with van der Waals surface area (Å²) in [6.07, 6.45) is 0.889. The fourth-order valence-electron chi connectivity index (χ4n) is 3.03. The predicted molar refractivity (Wildman–Crippen MR) is 84.6 cm³/mol. The largest absolute Gasteiger partial charge is 0.383 e. The third-order valence-corrected chi connectivity index (χ3v) is 5.93. The van der Waals surface area contributed by atoms with Crippen LogP contribution in [0.5, 0.6) is 0 Å². The minimum atomic E-state index is -3.87. The number of aromatic nitrogens is 2. The first-order valence-electron chi connectivity index (χ1n) is 7.81. The van der Waals surface area contributed by atoms with Crippen LogP contribution >= 0.6 is 0 Å². The van der Waals surface area contributed by atoms with Crippen molar-refractivity contribution in [2.75, 3.05) is 39.9 Å². The monoisotopic (exact) mass is 366 g/mol. The van der Waals surface area contributed by atoms with Crippen molar-refractivity contribution in [2.24, 2.45) is 5.92 Å². The molecule has 10 heteroatoms. The minimum Gasteiger partial charge on any atom is -0.383 e. The second kappa shape index (κ2) is 7.85.